The number of amides is 1. The van der Waals surface area contributed by atoms with Gasteiger partial charge in [-0.05, 0) is 32.8 Å². The van der Waals surface area contributed by atoms with Gasteiger partial charge < -0.3 is 9.64 Å². The minimum Gasteiger partial charge on any atom is -0.377 e. The van der Waals surface area contributed by atoms with E-state index in [1.54, 1.807) is 19.3 Å². The highest BCUT2D eigenvalue weighted by molar-refractivity contribution is 5.87. The Bertz CT molecular complexity index is 237. The van der Waals surface area contributed by atoms with Crippen molar-refractivity contribution >= 4 is 5.91 Å². The third kappa shape index (κ3) is 2.58. The van der Waals surface area contributed by atoms with Crippen molar-refractivity contribution in [2.24, 2.45) is 0 Å². The number of hydrogen-bond acceptors (Lipinski definition) is 2. The molecule has 1 fully saturated rings. The molecule has 0 aromatic rings. The topological polar surface area (TPSA) is 29.5 Å². The number of likely N-dealkylation sites (tertiary alicyclic amines) is 1. The molecule has 1 atom stereocenters. The molecule has 14 heavy (non-hydrogen) atoms. The Morgan fingerprint density at radius 3 is 2.86 bits per heavy atom. The highest BCUT2D eigenvalue weighted by Gasteiger charge is 2.32. The molecule has 80 valence electrons. The van der Waals surface area contributed by atoms with Gasteiger partial charge in [-0.3, -0.25) is 4.79 Å². The third-order valence-electron chi connectivity index (χ3n) is 2.77. The Morgan fingerprint density at radius 2 is 2.29 bits per heavy atom. The number of methoxy groups -OCH3 is 1. The molecule has 3 heteroatoms. The van der Waals surface area contributed by atoms with Crippen LogP contribution >= 0.6 is 0 Å². The van der Waals surface area contributed by atoms with E-state index in [4.69, 9.17) is 4.74 Å². The molecular formula is C11H19NO2. The summed E-state index contributed by atoms with van der Waals surface area (Å²) in [5.41, 5.74) is -0.157. The average molecular weight is 197 g/mol. The van der Waals surface area contributed by atoms with Crippen LogP contribution in [0.3, 0.4) is 0 Å². The van der Waals surface area contributed by atoms with Crippen LogP contribution in [0.5, 0.6) is 0 Å². The molecule has 0 spiro atoms. The molecule has 0 saturated carbocycles. The Balaban J connectivity index is 2.60. The average Bonchev–Trinajstić information content (AvgIpc) is 2.18. The van der Waals surface area contributed by atoms with E-state index in [0.29, 0.717) is 6.54 Å². The summed E-state index contributed by atoms with van der Waals surface area (Å²) in [5, 5.41) is 0. The fourth-order valence-electron chi connectivity index (χ4n) is 1.81. The van der Waals surface area contributed by atoms with E-state index < -0.39 is 0 Å². The Morgan fingerprint density at radius 1 is 1.57 bits per heavy atom. The lowest BCUT2D eigenvalue weighted by molar-refractivity contribution is -0.134. The predicted octanol–water partition coefficient (Wildman–Crippen LogP) is 1.59. The van der Waals surface area contributed by atoms with Gasteiger partial charge in [0.2, 0.25) is 5.91 Å². The van der Waals surface area contributed by atoms with E-state index >= 15 is 0 Å². The molecule has 0 N–H and O–H groups in total. The van der Waals surface area contributed by atoms with Crippen LogP contribution in [0.4, 0.5) is 0 Å². The van der Waals surface area contributed by atoms with Crippen LogP contribution in [0.1, 0.15) is 26.7 Å². The maximum Gasteiger partial charge on any atom is 0.246 e. The number of nitrogens with zero attached hydrogens (tertiary/aromatic N) is 1. The van der Waals surface area contributed by atoms with E-state index in [0.717, 1.165) is 19.4 Å². The lowest BCUT2D eigenvalue weighted by atomic mass is 9.95. The van der Waals surface area contributed by atoms with Crippen LogP contribution in [0, 0.1) is 0 Å². The zero-order valence-electron chi connectivity index (χ0n) is 9.25. The van der Waals surface area contributed by atoms with Crippen molar-refractivity contribution in [3.05, 3.63) is 12.2 Å². The van der Waals surface area contributed by atoms with E-state index in [1.165, 1.54) is 0 Å². The minimum atomic E-state index is -0.157. The quantitative estimate of drug-likeness (QED) is 0.629. The van der Waals surface area contributed by atoms with Crippen LogP contribution < -0.4 is 0 Å². The summed E-state index contributed by atoms with van der Waals surface area (Å²) >= 11 is 0. The highest BCUT2D eigenvalue weighted by atomic mass is 16.5. The van der Waals surface area contributed by atoms with Crippen molar-refractivity contribution in [2.45, 2.75) is 32.3 Å². The summed E-state index contributed by atoms with van der Waals surface area (Å²) in [7, 11) is 1.71. The summed E-state index contributed by atoms with van der Waals surface area (Å²) in [6.45, 7) is 5.47. The first-order valence-electron chi connectivity index (χ1n) is 5.08. The summed E-state index contributed by atoms with van der Waals surface area (Å²) in [6, 6.07) is 0. The smallest absolute Gasteiger partial charge is 0.246 e. The van der Waals surface area contributed by atoms with Crippen LogP contribution in [0.15, 0.2) is 12.2 Å². The maximum atomic E-state index is 11.6. The second kappa shape index (κ2) is 4.60. The van der Waals surface area contributed by atoms with Crippen LogP contribution in [-0.2, 0) is 9.53 Å². The van der Waals surface area contributed by atoms with Crippen molar-refractivity contribution in [3.63, 3.8) is 0 Å². The molecule has 1 saturated heterocycles. The molecule has 1 rings (SSSR count). The molecule has 1 amide bonds. The van der Waals surface area contributed by atoms with E-state index in [1.807, 2.05) is 11.8 Å². The van der Waals surface area contributed by atoms with Crippen molar-refractivity contribution in [1.29, 1.82) is 0 Å². The normalized spacial score (nSPS) is 28.4. The fourth-order valence-corrected chi connectivity index (χ4v) is 1.81. The largest absolute Gasteiger partial charge is 0.377 e. The number of ether oxygens (including phenoxy) is 1. The third-order valence-corrected chi connectivity index (χ3v) is 2.77. The number of carbonyl (C=O) groups is 1. The van der Waals surface area contributed by atoms with Gasteiger partial charge in [-0.2, -0.15) is 0 Å². The first-order chi connectivity index (χ1) is 6.61. The molecule has 1 aliphatic heterocycles. The van der Waals surface area contributed by atoms with Gasteiger partial charge in [0.1, 0.15) is 0 Å². The van der Waals surface area contributed by atoms with Crippen molar-refractivity contribution < 1.29 is 9.53 Å². The first-order valence-corrected chi connectivity index (χ1v) is 5.08. The van der Waals surface area contributed by atoms with Gasteiger partial charge in [-0.15, -0.1) is 0 Å². The van der Waals surface area contributed by atoms with Gasteiger partial charge in [0.05, 0.1) is 5.60 Å². The SMILES string of the molecule is C/C=C/C(=O)N1CCCC(C)(OC)C1. The summed E-state index contributed by atoms with van der Waals surface area (Å²) in [5.74, 6) is 0.0930. The van der Waals surface area contributed by atoms with Crippen molar-refractivity contribution in [3.8, 4) is 0 Å². The highest BCUT2D eigenvalue weighted by Crippen LogP contribution is 2.23. The molecule has 0 aliphatic carbocycles. The monoisotopic (exact) mass is 197 g/mol. The molecule has 3 nitrogen and oxygen atoms in total. The Kier molecular flexibility index (Phi) is 3.69. The molecule has 0 aromatic heterocycles. The Labute approximate surface area is 85.7 Å². The minimum absolute atomic E-state index is 0.0930. The van der Waals surface area contributed by atoms with E-state index in [-0.39, 0.29) is 11.5 Å². The van der Waals surface area contributed by atoms with Gasteiger partial charge in [0.15, 0.2) is 0 Å². The number of carbonyl (C=O) groups excluding carboxylic acids is 1. The zero-order valence-corrected chi connectivity index (χ0v) is 9.25. The number of piperidine rings is 1. The maximum absolute atomic E-state index is 11.6. The lowest BCUT2D eigenvalue weighted by Crippen LogP contribution is -2.49. The summed E-state index contributed by atoms with van der Waals surface area (Å²) < 4.78 is 5.42. The summed E-state index contributed by atoms with van der Waals surface area (Å²) in [4.78, 5) is 13.4. The second-order valence-corrected chi connectivity index (χ2v) is 4.02. The molecule has 0 aromatic carbocycles. The molecule has 1 heterocycles. The first kappa shape index (κ1) is 11.2. The molecule has 1 aliphatic rings. The molecule has 1 unspecified atom stereocenters. The summed E-state index contributed by atoms with van der Waals surface area (Å²) in [6.07, 6.45) is 5.44. The number of allylic oxidation sites excluding steroid dienone is 1. The zero-order chi connectivity index (χ0) is 10.6. The van der Waals surface area contributed by atoms with Crippen LogP contribution in [0.25, 0.3) is 0 Å². The fraction of sp³-hybridized carbons (Fsp3) is 0.727. The molecule has 0 bridgehead atoms. The lowest BCUT2D eigenvalue weighted by Gasteiger charge is -2.39. The van der Waals surface area contributed by atoms with E-state index in [9.17, 15) is 4.79 Å². The standard InChI is InChI=1S/C11H19NO2/c1-4-6-10(13)12-8-5-7-11(2,9-12)14-3/h4,6H,5,7-9H2,1-3H3/b6-4+. The van der Waals surface area contributed by atoms with Gasteiger partial charge in [0.25, 0.3) is 0 Å². The van der Waals surface area contributed by atoms with E-state index in [2.05, 4.69) is 6.92 Å². The Hall–Kier alpha value is -0.830. The molecule has 0 radical (unpaired) electrons. The van der Waals surface area contributed by atoms with Crippen LogP contribution in [0.2, 0.25) is 0 Å². The predicted molar refractivity (Wildman–Crippen MR) is 56.0 cm³/mol. The van der Waals surface area contributed by atoms with Crippen LogP contribution in [-0.4, -0.2) is 36.6 Å². The van der Waals surface area contributed by atoms with Gasteiger partial charge in [0, 0.05) is 20.2 Å². The van der Waals surface area contributed by atoms with Crippen molar-refractivity contribution in [2.75, 3.05) is 20.2 Å². The molecular weight excluding hydrogens is 178 g/mol. The number of hydrogen-bond donors (Lipinski definition) is 0. The van der Waals surface area contributed by atoms with Gasteiger partial charge in [-0.25, -0.2) is 0 Å². The number of rotatable bonds is 2. The van der Waals surface area contributed by atoms with Crippen molar-refractivity contribution in [1.82, 2.24) is 4.90 Å². The van der Waals surface area contributed by atoms with Gasteiger partial charge in [-0.1, -0.05) is 6.08 Å². The van der Waals surface area contributed by atoms with Gasteiger partial charge >= 0.3 is 0 Å². The second-order valence-electron chi connectivity index (χ2n) is 4.02.